The van der Waals surface area contributed by atoms with E-state index in [0.29, 0.717) is 0 Å². The molecule has 0 bridgehead atoms. The second kappa shape index (κ2) is 5.15. The van der Waals surface area contributed by atoms with Crippen molar-refractivity contribution in [3.8, 4) is 0 Å². The Bertz CT molecular complexity index is 400. The number of nitrogens with zero attached hydrogens (tertiary/aromatic N) is 1. The van der Waals surface area contributed by atoms with Crippen molar-refractivity contribution in [3.05, 3.63) is 26.6 Å². The summed E-state index contributed by atoms with van der Waals surface area (Å²) in [6.07, 6.45) is -1.74. The van der Waals surface area contributed by atoms with Crippen LogP contribution in [0.2, 0.25) is 0 Å². The molecule has 0 unspecified atom stereocenters. The van der Waals surface area contributed by atoms with Crippen molar-refractivity contribution >= 4 is 44.5 Å². The summed E-state index contributed by atoms with van der Waals surface area (Å²) in [7, 11) is 0. The lowest BCUT2D eigenvalue weighted by Crippen LogP contribution is -2.08. The minimum absolute atomic E-state index is 0.174. The zero-order chi connectivity index (χ0) is 11.6. The summed E-state index contributed by atoms with van der Waals surface area (Å²) in [5, 5.41) is 8.92. The quantitative estimate of drug-likeness (QED) is 0.635. The Balaban J connectivity index is 3.39. The second-order valence-electron chi connectivity index (χ2n) is 2.59. The molecule has 1 aromatic heterocycles. The summed E-state index contributed by atoms with van der Waals surface area (Å²) in [5.41, 5.74) is -0.159. The van der Waals surface area contributed by atoms with E-state index in [-0.39, 0.29) is 25.7 Å². The highest BCUT2D eigenvalue weighted by Gasteiger charge is 2.20. The molecule has 0 aromatic carbocycles. The molecule has 15 heavy (non-hydrogen) atoms. The number of pyridine rings is 1. The van der Waals surface area contributed by atoms with Crippen molar-refractivity contribution in [2.75, 3.05) is 0 Å². The molecule has 1 N–H and O–H groups in total. The van der Waals surface area contributed by atoms with E-state index in [1.54, 1.807) is 22.6 Å². The van der Waals surface area contributed by atoms with Gasteiger partial charge in [-0.15, -0.1) is 0 Å². The highest BCUT2D eigenvalue weighted by molar-refractivity contribution is 14.1. The Hall–Kier alpha value is -0.310. The third kappa shape index (κ3) is 2.63. The molecule has 0 spiro atoms. The number of halogens is 4. The molecule has 0 aliphatic heterocycles. The van der Waals surface area contributed by atoms with Crippen LogP contribution in [0.4, 0.5) is 8.78 Å². The average molecular weight is 392 g/mol. The first-order valence-electron chi connectivity index (χ1n) is 3.73. The zero-order valence-corrected chi connectivity index (χ0v) is 10.9. The van der Waals surface area contributed by atoms with Crippen molar-refractivity contribution in [2.45, 2.75) is 11.8 Å². The summed E-state index contributed by atoms with van der Waals surface area (Å²) in [6, 6.07) is 0. The fourth-order valence-electron chi connectivity index (χ4n) is 1.01. The molecule has 0 saturated carbocycles. The van der Waals surface area contributed by atoms with Crippen molar-refractivity contribution in [3.63, 3.8) is 0 Å². The van der Waals surface area contributed by atoms with Crippen LogP contribution in [0, 0.1) is 3.57 Å². The second-order valence-corrected chi connectivity index (χ2v) is 4.23. The van der Waals surface area contributed by atoms with Crippen LogP contribution in [0.3, 0.4) is 0 Å². The number of hydrogen-bond donors (Lipinski definition) is 1. The van der Waals surface area contributed by atoms with Gasteiger partial charge < -0.3 is 5.11 Å². The Labute approximate surface area is 106 Å². The summed E-state index contributed by atoms with van der Waals surface area (Å²) in [6.45, 7) is 0. The van der Waals surface area contributed by atoms with E-state index in [1.807, 2.05) is 0 Å². The molecule has 0 atom stereocenters. The molecule has 82 valence electrons. The SMILES string of the molecule is O=C(O)c1ncc(C(F)F)c(CBr)c1I. The maximum absolute atomic E-state index is 12.5. The predicted molar refractivity (Wildman–Crippen MR) is 61.5 cm³/mol. The Morgan fingerprint density at radius 3 is 2.67 bits per heavy atom. The maximum atomic E-state index is 12.5. The van der Waals surface area contributed by atoms with Gasteiger partial charge in [0.25, 0.3) is 6.43 Å². The monoisotopic (exact) mass is 391 g/mol. The van der Waals surface area contributed by atoms with Crippen LogP contribution in [0.1, 0.15) is 28.0 Å². The van der Waals surface area contributed by atoms with Crippen molar-refractivity contribution in [1.29, 1.82) is 0 Å². The largest absolute Gasteiger partial charge is 0.476 e. The van der Waals surface area contributed by atoms with E-state index in [4.69, 9.17) is 5.11 Å². The van der Waals surface area contributed by atoms with Gasteiger partial charge in [0.1, 0.15) is 0 Å². The predicted octanol–water partition coefficient (Wildman–Crippen LogP) is 3.22. The van der Waals surface area contributed by atoms with Gasteiger partial charge in [-0.2, -0.15) is 0 Å². The molecule has 0 fully saturated rings. The fraction of sp³-hybridized carbons (Fsp3) is 0.250. The van der Waals surface area contributed by atoms with Crippen molar-refractivity contribution in [2.24, 2.45) is 0 Å². The Morgan fingerprint density at radius 2 is 2.27 bits per heavy atom. The van der Waals surface area contributed by atoms with Crippen LogP contribution in [-0.2, 0) is 5.33 Å². The molecule has 0 radical (unpaired) electrons. The number of carbonyl (C=O) groups is 1. The molecule has 0 saturated heterocycles. The summed E-state index contributed by atoms with van der Waals surface area (Å²) in [4.78, 5) is 14.2. The topological polar surface area (TPSA) is 50.2 Å². The van der Waals surface area contributed by atoms with E-state index in [2.05, 4.69) is 20.9 Å². The first-order chi connectivity index (χ1) is 6.99. The third-order valence-electron chi connectivity index (χ3n) is 1.73. The highest BCUT2D eigenvalue weighted by atomic mass is 127. The van der Waals surface area contributed by atoms with Gasteiger partial charge in [-0.3, -0.25) is 0 Å². The van der Waals surface area contributed by atoms with Gasteiger partial charge in [-0.25, -0.2) is 18.6 Å². The molecule has 0 aliphatic carbocycles. The van der Waals surface area contributed by atoms with Crippen molar-refractivity contribution in [1.82, 2.24) is 4.98 Å². The van der Waals surface area contributed by atoms with Crippen LogP contribution in [0.25, 0.3) is 0 Å². The van der Waals surface area contributed by atoms with Crippen LogP contribution in [0.15, 0.2) is 6.20 Å². The third-order valence-corrected chi connectivity index (χ3v) is 3.45. The number of hydrogen-bond acceptors (Lipinski definition) is 2. The number of aromatic carboxylic acids is 1. The maximum Gasteiger partial charge on any atom is 0.355 e. The van der Waals surface area contributed by atoms with Crippen molar-refractivity contribution < 1.29 is 18.7 Å². The number of carboxylic acid groups (broad SMARTS) is 1. The average Bonchev–Trinajstić information content (AvgIpc) is 2.16. The van der Waals surface area contributed by atoms with Crippen LogP contribution in [-0.4, -0.2) is 16.1 Å². The van der Waals surface area contributed by atoms with Gasteiger partial charge in [0.2, 0.25) is 0 Å². The minimum Gasteiger partial charge on any atom is -0.476 e. The molecule has 1 rings (SSSR count). The summed E-state index contributed by atoms with van der Waals surface area (Å²) >= 11 is 4.76. The fourth-order valence-corrected chi connectivity index (χ4v) is 3.01. The van der Waals surface area contributed by atoms with Gasteiger partial charge in [-0.1, -0.05) is 15.9 Å². The molecule has 7 heteroatoms. The van der Waals surface area contributed by atoms with Crippen LogP contribution < -0.4 is 0 Å². The lowest BCUT2D eigenvalue weighted by molar-refractivity contribution is 0.0688. The molecular formula is C8H5BrF2INO2. The molecule has 0 aliphatic rings. The Morgan fingerprint density at radius 1 is 1.67 bits per heavy atom. The summed E-state index contributed by atoms with van der Waals surface area (Å²) in [5.74, 6) is -1.22. The molecule has 1 aromatic rings. The summed E-state index contributed by atoms with van der Waals surface area (Å²) < 4.78 is 25.3. The van der Waals surface area contributed by atoms with E-state index in [9.17, 15) is 13.6 Å². The Kier molecular flexibility index (Phi) is 4.38. The minimum atomic E-state index is -2.65. The first kappa shape index (κ1) is 12.8. The van der Waals surface area contributed by atoms with Crippen LogP contribution >= 0.6 is 38.5 Å². The number of rotatable bonds is 3. The molecule has 3 nitrogen and oxygen atoms in total. The number of carboxylic acids is 1. The smallest absolute Gasteiger partial charge is 0.355 e. The van der Waals surface area contributed by atoms with E-state index < -0.39 is 12.4 Å². The van der Waals surface area contributed by atoms with Crippen LogP contribution in [0.5, 0.6) is 0 Å². The zero-order valence-electron chi connectivity index (χ0n) is 7.18. The highest BCUT2D eigenvalue weighted by Crippen LogP contribution is 2.29. The van der Waals surface area contributed by atoms with Gasteiger partial charge in [0.05, 0.1) is 3.57 Å². The van der Waals surface area contributed by atoms with Gasteiger partial charge in [0, 0.05) is 17.1 Å². The standard InChI is InChI=1S/C8H5BrF2INO2/c9-1-3-4(7(10)11)2-13-6(5(3)12)8(14)15/h2,7H,1H2,(H,14,15). The van der Waals surface area contributed by atoms with Gasteiger partial charge in [-0.05, 0) is 28.2 Å². The van der Waals surface area contributed by atoms with Gasteiger partial charge in [0.15, 0.2) is 5.69 Å². The number of alkyl halides is 3. The molecular weight excluding hydrogens is 387 g/mol. The lowest BCUT2D eigenvalue weighted by atomic mass is 10.1. The normalized spacial score (nSPS) is 10.7. The molecule has 1 heterocycles. The first-order valence-corrected chi connectivity index (χ1v) is 5.93. The molecule has 0 amide bonds. The lowest BCUT2D eigenvalue weighted by Gasteiger charge is -2.09. The van der Waals surface area contributed by atoms with E-state index in [1.165, 1.54) is 0 Å². The van der Waals surface area contributed by atoms with E-state index in [0.717, 1.165) is 6.20 Å². The van der Waals surface area contributed by atoms with E-state index >= 15 is 0 Å². The number of aromatic nitrogens is 1. The van der Waals surface area contributed by atoms with Gasteiger partial charge >= 0.3 is 5.97 Å².